The lowest BCUT2D eigenvalue weighted by atomic mass is 9.96. The van der Waals surface area contributed by atoms with Crippen molar-refractivity contribution in [3.63, 3.8) is 0 Å². The third-order valence-electron chi connectivity index (χ3n) is 2.22. The highest BCUT2D eigenvalue weighted by atomic mass is 16.5. The minimum atomic E-state index is -0.817. The Morgan fingerprint density at radius 2 is 2.17 bits per heavy atom. The molecule has 1 aromatic heterocycles. The Balaban J connectivity index is 2.66. The van der Waals surface area contributed by atoms with Crippen LogP contribution in [0.2, 0.25) is 0 Å². The molecule has 0 saturated carbocycles. The van der Waals surface area contributed by atoms with Crippen LogP contribution in [0.1, 0.15) is 26.6 Å². The second-order valence-electron chi connectivity index (χ2n) is 4.91. The van der Waals surface area contributed by atoms with Crippen LogP contribution in [0, 0.1) is 0 Å². The summed E-state index contributed by atoms with van der Waals surface area (Å²) < 4.78 is 9.85. The van der Waals surface area contributed by atoms with Gasteiger partial charge in [-0.15, -0.1) is 0 Å². The molecule has 18 heavy (non-hydrogen) atoms. The lowest BCUT2D eigenvalue weighted by molar-refractivity contribution is -0.142. The van der Waals surface area contributed by atoms with Crippen molar-refractivity contribution in [1.29, 1.82) is 0 Å². The molecule has 100 valence electrons. The van der Waals surface area contributed by atoms with Gasteiger partial charge >= 0.3 is 5.97 Å². The van der Waals surface area contributed by atoms with Crippen LogP contribution in [0.4, 0.5) is 0 Å². The van der Waals surface area contributed by atoms with Crippen molar-refractivity contribution < 1.29 is 14.3 Å². The number of methoxy groups -OCH3 is 1. The van der Waals surface area contributed by atoms with E-state index in [0.717, 1.165) is 0 Å². The number of rotatable bonds is 4. The molecule has 1 unspecified atom stereocenters. The average molecular weight is 253 g/mol. The van der Waals surface area contributed by atoms with Gasteiger partial charge in [-0.2, -0.15) is 4.98 Å². The normalized spacial score (nSPS) is 12.9. The Labute approximate surface area is 107 Å². The molecule has 0 amide bonds. The van der Waals surface area contributed by atoms with E-state index in [1.54, 1.807) is 12.3 Å². The zero-order valence-corrected chi connectivity index (χ0v) is 11.1. The fraction of sp³-hybridized carbons (Fsp3) is 0.583. The van der Waals surface area contributed by atoms with E-state index >= 15 is 0 Å². The molecule has 0 bridgehead atoms. The fourth-order valence-electron chi connectivity index (χ4n) is 1.18. The monoisotopic (exact) mass is 253 g/mol. The number of carbonyl (C=O) groups excluding carboxylic acids is 1. The smallest absolute Gasteiger partial charge is 0.326 e. The maximum Gasteiger partial charge on any atom is 0.326 e. The van der Waals surface area contributed by atoms with E-state index in [9.17, 15) is 4.79 Å². The van der Waals surface area contributed by atoms with Crippen molar-refractivity contribution in [2.24, 2.45) is 5.73 Å². The maximum atomic E-state index is 11.1. The van der Waals surface area contributed by atoms with E-state index < -0.39 is 12.0 Å². The maximum absolute atomic E-state index is 11.1. The molecule has 6 nitrogen and oxygen atoms in total. The highest BCUT2D eigenvalue weighted by molar-refractivity contribution is 5.75. The summed E-state index contributed by atoms with van der Waals surface area (Å²) in [6.07, 6.45) is 1.62. The number of ether oxygens (including phenoxy) is 2. The third kappa shape index (κ3) is 3.96. The van der Waals surface area contributed by atoms with Gasteiger partial charge in [0.05, 0.1) is 7.11 Å². The zero-order valence-electron chi connectivity index (χ0n) is 11.1. The van der Waals surface area contributed by atoms with Gasteiger partial charge in [-0.1, -0.05) is 20.8 Å². The van der Waals surface area contributed by atoms with Gasteiger partial charge in [0.15, 0.2) is 0 Å². The first-order chi connectivity index (χ1) is 8.34. The van der Waals surface area contributed by atoms with E-state index in [-0.39, 0.29) is 12.0 Å². The van der Waals surface area contributed by atoms with Crippen LogP contribution in [0.25, 0.3) is 0 Å². The summed E-state index contributed by atoms with van der Waals surface area (Å²) in [4.78, 5) is 19.5. The van der Waals surface area contributed by atoms with E-state index in [1.807, 2.05) is 20.8 Å². The first-order valence-electron chi connectivity index (χ1n) is 5.64. The predicted octanol–water partition coefficient (Wildman–Crippen LogP) is 0.653. The van der Waals surface area contributed by atoms with Crippen LogP contribution in [0.5, 0.6) is 5.88 Å². The third-order valence-corrected chi connectivity index (χ3v) is 2.22. The molecule has 0 aromatic carbocycles. The van der Waals surface area contributed by atoms with Gasteiger partial charge in [-0.25, -0.2) is 4.98 Å². The van der Waals surface area contributed by atoms with Gasteiger partial charge in [0, 0.05) is 17.7 Å². The van der Waals surface area contributed by atoms with Gasteiger partial charge < -0.3 is 15.2 Å². The van der Waals surface area contributed by atoms with Crippen LogP contribution in [0.3, 0.4) is 0 Å². The lowest BCUT2D eigenvalue weighted by Gasteiger charge is -2.17. The largest absolute Gasteiger partial charge is 0.475 e. The molecular weight excluding hydrogens is 234 g/mol. The molecule has 0 aliphatic heterocycles. The zero-order chi connectivity index (χ0) is 13.8. The van der Waals surface area contributed by atoms with Crippen LogP contribution in [-0.2, 0) is 14.9 Å². The quantitative estimate of drug-likeness (QED) is 0.793. The number of esters is 1. The van der Waals surface area contributed by atoms with E-state index in [1.165, 1.54) is 7.11 Å². The van der Waals surface area contributed by atoms with Gasteiger partial charge in [0.1, 0.15) is 18.5 Å². The summed E-state index contributed by atoms with van der Waals surface area (Å²) in [5.41, 5.74) is 5.39. The fourth-order valence-corrected chi connectivity index (χ4v) is 1.18. The average Bonchev–Trinajstić information content (AvgIpc) is 2.34. The number of aromatic nitrogens is 2. The SMILES string of the molecule is COC(=O)C(N)COc1ccnc(C(C)(C)C)n1. The Morgan fingerprint density at radius 3 is 2.72 bits per heavy atom. The molecule has 0 aliphatic carbocycles. The molecule has 0 saturated heterocycles. The minimum Gasteiger partial charge on any atom is -0.475 e. The van der Waals surface area contributed by atoms with Crippen molar-refractivity contribution >= 4 is 5.97 Å². The Bertz CT molecular complexity index is 415. The second kappa shape index (κ2) is 5.77. The molecule has 6 heteroatoms. The van der Waals surface area contributed by atoms with Crippen molar-refractivity contribution in [2.45, 2.75) is 32.2 Å². The lowest BCUT2D eigenvalue weighted by Crippen LogP contribution is -2.37. The van der Waals surface area contributed by atoms with E-state index in [4.69, 9.17) is 10.5 Å². The summed E-state index contributed by atoms with van der Waals surface area (Å²) in [6, 6.07) is 0.808. The number of carbonyl (C=O) groups is 1. The molecule has 0 radical (unpaired) electrons. The molecular formula is C12H19N3O3. The summed E-state index contributed by atoms with van der Waals surface area (Å²) in [7, 11) is 1.28. The molecule has 1 rings (SSSR count). The molecule has 1 heterocycles. The molecule has 2 N–H and O–H groups in total. The Kier molecular flexibility index (Phi) is 4.61. The van der Waals surface area contributed by atoms with Crippen molar-refractivity contribution in [3.05, 3.63) is 18.1 Å². The Morgan fingerprint density at radius 1 is 1.50 bits per heavy atom. The van der Waals surface area contributed by atoms with Crippen LogP contribution in [-0.4, -0.2) is 35.7 Å². The summed E-state index contributed by atoms with van der Waals surface area (Å²) >= 11 is 0. The first kappa shape index (κ1) is 14.4. The van der Waals surface area contributed by atoms with Gasteiger partial charge in [-0.3, -0.25) is 4.79 Å². The van der Waals surface area contributed by atoms with Crippen LogP contribution >= 0.6 is 0 Å². The van der Waals surface area contributed by atoms with Gasteiger partial charge in [-0.05, 0) is 0 Å². The summed E-state index contributed by atoms with van der Waals surface area (Å²) in [5.74, 6) is 0.556. The summed E-state index contributed by atoms with van der Waals surface area (Å²) in [6.45, 7) is 6.04. The highest BCUT2D eigenvalue weighted by Gasteiger charge is 2.19. The van der Waals surface area contributed by atoms with Crippen molar-refractivity contribution in [1.82, 2.24) is 9.97 Å². The van der Waals surface area contributed by atoms with Crippen LogP contribution < -0.4 is 10.5 Å². The second-order valence-corrected chi connectivity index (χ2v) is 4.91. The molecule has 0 aliphatic rings. The summed E-state index contributed by atoms with van der Waals surface area (Å²) in [5, 5.41) is 0. The molecule has 0 fully saturated rings. The number of nitrogens with zero attached hydrogens (tertiary/aromatic N) is 2. The molecule has 0 spiro atoms. The van der Waals surface area contributed by atoms with Gasteiger partial charge in [0.2, 0.25) is 5.88 Å². The molecule has 1 atom stereocenters. The minimum absolute atomic E-state index is 0.0211. The van der Waals surface area contributed by atoms with Gasteiger partial charge in [0.25, 0.3) is 0 Å². The predicted molar refractivity (Wildman–Crippen MR) is 66.2 cm³/mol. The number of nitrogens with two attached hydrogens (primary N) is 1. The first-order valence-corrected chi connectivity index (χ1v) is 5.64. The standard InChI is InChI=1S/C12H19N3O3/c1-12(2,3)11-14-6-5-9(15-11)18-7-8(13)10(16)17-4/h5-6,8H,7,13H2,1-4H3. The van der Waals surface area contributed by atoms with Crippen molar-refractivity contribution in [2.75, 3.05) is 13.7 Å². The number of hydrogen-bond donors (Lipinski definition) is 1. The Hall–Kier alpha value is -1.69. The van der Waals surface area contributed by atoms with Crippen molar-refractivity contribution in [3.8, 4) is 5.88 Å². The van der Waals surface area contributed by atoms with E-state index in [0.29, 0.717) is 11.7 Å². The highest BCUT2D eigenvalue weighted by Crippen LogP contribution is 2.19. The molecule has 1 aromatic rings. The number of hydrogen-bond acceptors (Lipinski definition) is 6. The van der Waals surface area contributed by atoms with Crippen LogP contribution in [0.15, 0.2) is 12.3 Å². The topological polar surface area (TPSA) is 87.3 Å². The van der Waals surface area contributed by atoms with E-state index in [2.05, 4.69) is 14.7 Å².